The molecule has 1 fully saturated rings. The first-order chi connectivity index (χ1) is 10.7. The number of para-hydroxylation sites is 1. The Morgan fingerprint density at radius 3 is 3.00 bits per heavy atom. The summed E-state index contributed by atoms with van der Waals surface area (Å²) >= 11 is 0. The third-order valence-electron chi connectivity index (χ3n) is 4.73. The van der Waals surface area contributed by atoms with Crippen molar-refractivity contribution in [1.82, 2.24) is 9.88 Å². The van der Waals surface area contributed by atoms with Crippen molar-refractivity contribution in [3.05, 3.63) is 36.0 Å². The minimum Gasteiger partial charge on any atom is -0.457 e. The molecule has 0 bridgehead atoms. The first-order valence-corrected chi connectivity index (χ1v) is 8.18. The molecule has 118 valence electrons. The molecule has 1 aliphatic heterocycles. The highest BCUT2D eigenvalue weighted by Crippen LogP contribution is 2.24. The van der Waals surface area contributed by atoms with Gasteiger partial charge < -0.3 is 9.72 Å². The van der Waals surface area contributed by atoms with Crippen LogP contribution in [0.3, 0.4) is 0 Å². The molecule has 22 heavy (non-hydrogen) atoms. The Kier molecular flexibility index (Phi) is 4.48. The zero-order valence-electron chi connectivity index (χ0n) is 13.3. The molecule has 2 unspecified atom stereocenters. The van der Waals surface area contributed by atoms with Gasteiger partial charge >= 0.3 is 5.97 Å². The van der Waals surface area contributed by atoms with Gasteiger partial charge in [0.05, 0.1) is 5.56 Å². The number of likely N-dealkylation sites (N-methyl/N-ethyl adjacent to an activating group) is 1. The number of benzene rings is 1. The predicted octanol–water partition coefficient (Wildman–Crippen LogP) is 3.59. The van der Waals surface area contributed by atoms with Crippen molar-refractivity contribution in [1.29, 1.82) is 0 Å². The lowest BCUT2D eigenvalue weighted by molar-refractivity contribution is -0.00685. The largest absolute Gasteiger partial charge is 0.457 e. The normalized spacial score (nSPS) is 20.9. The molecule has 0 saturated carbocycles. The highest BCUT2D eigenvalue weighted by molar-refractivity contribution is 6.04. The molecule has 2 heterocycles. The second-order valence-electron chi connectivity index (χ2n) is 6.14. The van der Waals surface area contributed by atoms with E-state index in [-0.39, 0.29) is 12.1 Å². The highest BCUT2D eigenvalue weighted by atomic mass is 16.5. The number of aromatic amines is 1. The number of aromatic nitrogens is 1. The molecular weight excluding hydrogens is 276 g/mol. The number of H-pyrrole nitrogens is 1. The summed E-state index contributed by atoms with van der Waals surface area (Å²) in [4.78, 5) is 18.0. The van der Waals surface area contributed by atoms with Crippen molar-refractivity contribution in [3.63, 3.8) is 0 Å². The molecule has 1 saturated heterocycles. The van der Waals surface area contributed by atoms with Crippen LogP contribution in [0.25, 0.3) is 10.9 Å². The van der Waals surface area contributed by atoms with E-state index < -0.39 is 0 Å². The van der Waals surface area contributed by atoms with Crippen LogP contribution in [0.1, 0.15) is 43.0 Å². The lowest BCUT2D eigenvalue weighted by Gasteiger charge is -2.37. The Bertz CT molecular complexity index is 649. The lowest BCUT2D eigenvalue weighted by Crippen LogP contribution is -2.46. The van der Waals surface area contributed by atoms with Crippen molar-refractivity contribution in [2.75, 3.05) is 13.6 Å². The number of rotatable bonds is 4. The summed E-state index contributed by atoms with van der Waals surface area (Å²) in [5.41, 5.74) is 1.60. The Hall–Kier alpha value is -1.81. The molecule has 0 aliphatic carbocycles. The third kappa shape index (κ3) is 2.88. The van der Waals surface area contributed by atoms with Crippen molar-refractivity contribution >= 4 is 16.9 Å². The van der Waals surface area contributed by atoms with E-state index in [2.05, 4.69) is 23.9 Å². The minimum absolute atomic E-state index is 0.0357. The fraction of sp³-hybridized carbons (Fsp3) is 0.500. The van der Waals surface area contributed by atoms with Gasteiger partial charge in [-0.2, -0.15) is 0 Å². The Morgan fingerprint density at radius 2 is 2.23 bits per heavy atom. The predicted molar refractivity (Wildman–Crippen MR) is 88.1 cm³/mol. The van der Waals surface area contributed by atoms with Crippen LogP contribution in [0.5, 0.6) is 0 Å². The van der Waals surface area contributed by atoms with E-state index in [9.17, 15) is 4.79 Å². The molecule has 0 amide bonds. The van der Waals surface area contributed by atoms with Crippen LogP contribution in [0.4, 0.5) is 0 Å². The fourth-order valence-electron chi connectivity index (χ4n) is 3.45. The summed E-state index contributed by atoms with van der Waals surface area (Å²) in [6, 6.07) is 8.17. The number of esters is 1. The molecule has 0 spiro atoms. The minimum atomic E-state index is -0.219. The lowest BCUT2D eigenvalue weighted by atomic mass is 9.96. The quantitative estimate of drug-likeness (QED) is 0.878. The number of likely N-dealkylation sites (tertiary alicyclic amines) is 1. The average molecular weight is 300 g/mol. The third-order valence-corrected chi connectivity index (χ3v) is 4.73. The molecular formula is C18H24N2O2. The van der Waals surface area contributed by atoms with Crippen LogP contribution >= 0.6 is 0 Å². The summed E-state index contributed by atoms with van der Waals surface area (Å²) in [6.45, 7) is 3.18. The molecule has 2 atom stereocenters. The number of hydrogen-bond acceptors (Lipinski definition) is 3. The van der Waals surface area contributed by atoms with Gasteiger partial charge in [0, 0.05) is 23.1 Å². The maximum Gasteiger partial charge on any atom is 0.340 e. The molecule has 2 aromatic rings. The maximum absolute atomic E-state index is 12.6. The number of fused-ring (bicyclic) bond motifs is 1. The second-order valence-corrected chi connectivity index (χ2v) is 6.14. The van der Waals surface area contributed by atoms with Crippen LogP contribution in [-0.4, -0.2) is 41.6 Å². The van der Waals surface area contributed by atoms with Crippen LogP contribution < -0.4 is 0 Å². The summed E-state index contributed by atoms with van der Waals surface area (Å²) in [7, 11) is 2.13. The maximum atomic E-state index is 12.6. The van der Waals surface area contributed by atoms with Crippen LogP contribution in [0.15, 0.2) is 30.5 Å². The molecule has 1 N–H and O–H groups in total. The van der Waals surface area contributed by atoms with E-state index >= 15 is 0 Å². The van der Waals surface area contributed by atoms with Gasteiger partial charge in [-0.15, -0.1) is 0 Å². The SMILES string of the molecule is CCC(OC(=O)c1c[nH]c2ccccc12)C1CCCCN1C. The number of carbonyl (C=O) groups excluding carboxylic acids is 1. The Labute approximate surface area is 131 Å². The summed E-state index contributed by atoms with van der Waals surface area (Å²) in [5, 5.41) is 0.930. The van der Waals surface area contributed by atoms with Gasteiger partial charge in [-0.05, 0) is 38.9 Å². The topological polar surface area (TPSA) is 45.3 Å². The Balaban J connectivity index is 1.77. The number of nitrogens with one attached hydrogen (secondary N) is 1. The van der Waals surface area contributed by atoms with Crippen molar-refractivity contribution in [2.45, 2.75) is 44.8 Å². The molecule has 0 radical (unpaired) electrons. The van der Waals surface area contributed by atoms with Gasteiger partial charge in [-0.1, -0.05) is 31.5 Å². The fourth-order valence-corrected chi connectivity index (χ4v) is 3.45. The summed E-state index contributed by atoms with van der Waals surface area (Å²) < 4.78 is 5.86. The monoisotopic (exact) mass is 300 g/mol. The van der Waals surface area contributed by atoms with Gasteiger partial charge in [0.1, 0.15) is 6.10 Å². The smallest absolute Gasteiger partial charge is 0.340 e. The molecule has 1 aliphatic rings. The summed E-state index contributed by atoms with van der Waals surface area (Å²) in [6.07, 6.45) is 6.13. The van der Waals surface area contributed by atoms with Gasteiger partial charge in [0.15, 0.2) is 0 Å². The van der Waals surface area contributed by atoms with Crippen molar-refractivity contribution in [2.24, 2.45) is 0 Å². The van der Waals surface area contributed by atoms with E-state index in [0.717, 1.165) is 30.3 Å². The average Bonchev–Trinajstić information content (AvgIpc) is 2.97. The Morgan fingerprint density at radius 1 is 1.41 bits per heavy atom. The zero-order chi connectivity index (χ0) is 15.5. The standard InChI is InChI=1S/C18H24N2O2/c1-3-17(16-10-6-7-11-20(16)2)22-18(21)14-12-19-15-9-5-4-8-13(14)15/h4-5,8-9,12,16-17,19H,3,6-7,10-11H2,1-2H3. The zero-order valence-corrected chi connectivity index (χ0v) is 13.3. The van der Waals surface area contributed by atoms with E-state index in [1.54, 1.807) is 6.20 Å². The number of nitrogens with zero attached hydrogens (tertiary/aromatic N) is 1. The van der Waals surface area contributed by atoms with Crippen LogP contribution in [0, 0.1) is 0 Å². The first kappa shape index (κ1) is 15.1. The van der Waals surface area contributed by atoms with E-state index in [1.165, 1.54) is 12.8 Å². The molecule has 1 aromatic carbocycles. The molecule has 4 heteroatoms. The van der Waals surface area contributed by atoms with Gasteiger partial charge in [-0.3, -0.25) is 4.90 Å². The van der Waals surface area contributed by atoms with E-state index in [1.807, 2.05) is 24.3 Å². The molecule has 1 aromatic heterocycles. The second kappa shape index (κ2) is 6.53. The van der Waals surface area contributed by atoms with E-state index in [0.29, 0.717) is 11.6 Å². The number of ether oxygens (including phenoxy) is 1. The first-order valence-electron chi connectivity index (χ1n) is 8.18. The summed E-state index contributed by atoms with van der Waals surface area (Å²) in [5.74, 6) is -0.219. The number of carbonyl (C=O) groups is 1. The number of piperidine rings is 1. The van der Waals surface area contributed by atoms with E-state index in [4.69, 9.17) is 4.74 Å². The highest BCUT2D eigenvalue weighted by Gasteiger charge is 2.30. The van der Waals surface area contributed by atoms with Crippen molar-refractivity contribution in [3.8, 4) is 0 Å². The van der Waals surface area contributed by atoms with Gasteiger partial charge in [0.2, 0.25) is 0 Å². The molecule has 4 nitrogen and oxygen atoms in total. The van der Waals surface area contributed by atoms with Crippen LogP contribution in [-0.2, 0) is 4.74 Å². The van der Waals surface area contributed by atoms with Crippen LogP contribution in [0.2, 0.25) is 0 Å². The van der Waals surface area contributed by atoms with Gasteiger partial charge in [0.25, 0.3) is 0 Å². The van der Waals surface area contributed by atoms with Gasteiger partial charge in [-0.25, -0.2) is 4.79 Å². The molecule has 3 rings (SSSR count). The van der Waals surface area contributed by atoms with Crippen molar-refractivity contribution < 1.29 is 9.53 Å². The number of hydrogen-bond donors (Lipinski definition) is 1.